The summed E-state index contributed by atoms with van der Waals surface area (Å²) in [6.07, 6.45) is 0.254. The van der Waals surface area contributed by atoms with Crippen molar-refractivity contribution in [1.82, 2.24) is 10.3 Å². The molecule has 7 nitrogen and oxygen atoms in total. The van der Waals surface area contributed by atoms with Gasteiger partial charge < -0.3 is 30.6 Å². The molecule has 2 atom stereocenters. The number of primary amides is 1. The maximum absolute atomic E-state index is 11.5. The summed E-state index contributed by atoms with van der Waals surface area (Å²) in [5.74, 6) is 1.24. The first-order valence-corrected chi connectivity index (χ1v) is 12.3. The molecule has 36 heavy (non-hydrogen) atoms. The Morgan fingerprint density at radius 3 is 2.50 bits per heavy atom. The summed E-state index contributed by atoms with van der Waals surface area (Å²) in [5, 5.41) is 16.0. The molecule has 190 valence electrons. The number of aliphatic hydroxyl groups excluding tert-OH is 1. The number of para-hydroxylation sites is 1. The van der Waals surface area contributed by atoms with Crippen LogP contribution in [0.2, 0.25) is 0 Å². The van der Waals surface area contributed by atoms with Gasteiger partial charge in [-0.3, -0.25) is 4.79 Å². The number of ether oxygens (including phenoxy) is 2. The molecule has 3 aromatic carbocycles. The SMILES string of the molecule is CC(CNCC(O)COc1cccc2[nH]c3ccccc3c12)Cc1ccc(OC(C)(C)C(N)=O)cc1. The number of aromatic amines is 1. The van der Waals surface area contributed by atoms with Crippen LogP contribution in [0.4, 0.5) is 0 Å². The van der Waals surface area contributed by atoms with Gasteiger partial charge in [0.2, 0.25) is 0 Å². The van der Waals surface area contributed by atoms with Crippen molar-refractivity contribution >= 4 is 27.7 Å². The van der Waals surface area contributed by atoms with Gasteiger partial charge in [-0.15, -0.1) is 0 Å². The smallest absolute Gasteiger partial charge is 0.261 e. The van der Waals surface area contributed by atoms with Crippen LogP contribution in [-0.2, 0) is 11.2 Å². The van der Waals surface area contributed by atoms with Crippen molar-refractivity contribution in [2.24, 2.45) is 11.7 Å². The number of H-pyrrole nitrogens is 1. The van der Waals surface area contributed by atoms with E-state index >= 15 is 0 Å². The Morgan fingerprint density at radius 2 is 1.75 bits per heavy atom. The van der Waals surface area contributed by atoms with Crippen molar-refractivity contribution in [2.75, 3.05) is 19.7 Å². The van der Waals surface area contributed by atoms with Gasteiger partial charge in [0.1, 0.15) is 24.2 Å². The topological polar surface area (TPSA) is 110 Å². The summed E-state index contributed by atoms with van der Waals surface area (Å²) < 4.78 is 11.7. The molecule has 1 aromatic heterocycles. The number of fused-ring (bicyclic) bond motifs is 3. The third-order valence-corrected chi connectivity index (χ3v) is 6.27. The zero-order chi connectivity index (χ0) is 25.7. The summed E-state index contributed by atoms with van der Waals surface area (Å²) in [6, 6.07) is 21.8. The quantitative estimate of drug-likeness (QED) is 0.239. The highest BCUT2D eigenvalue weighted by Gasteiger charge is 2.27. The number of hydrogen-bond acceptors (Lipinski definition) is 5. The summed E-state index contributed by atoms with van der Waals surface area (Å²) in [7, 11) is 0. The molecule has 1 heterocycles. The Labute approximate surface area is 211 Å². The van der Waals surface area contributed by atoms with E-state index < -0.39 is 17.6 Å². The van der Waals surface area contributed by atoms with E-state index in [0.717, 1.165) is 40.5 Å². The third kappa shape index (κ3) is 6.17. The largest absolute Gasteiger partial charge is 0.490 e. The summed E-state index contributed by atoms with van der Waals surface area (Å²) >= 11 is 0. The highest BCUT2D eigenvalue weighted by molar-refractivity contribution is 6.10. The molecule has 4 aromatic rings. The average molecular weight is 490 g/mol. The Bertz CT molecular complexity index is 1310. The number of rotatable bonds is 12. The lowest BCUT2D eigenvalue weighted by Crippen LogP contribution is -2.43. The highest BCUT2D eigenvalue weighted by atomic mass is 16.5. The Hall–Kier alpha value is -3.55. The fraction of sp³-hybridized carbons (Fsp3) is 0.345. The molecule has 0 saturated carbocycles. The number of benzene rings is 3. The molecule has 4 rings (SSSR count). The van der Waals surface area contributed by atoms with Crippen LogP contribution in [0.15, 0.2) is 66.7 Å². The minimum absolute atomic E-state index is 0.211. The average Bonchev–Trinajstić information content (AvgIpc) is 3.23. The van der Waals surface area contributed by atoms with E-state index in [9.17, 15) is 9.90 Å². The molecular formula is C29H35N3O4. The van der Waals surface area contributed by atoms with Crippen molar-refractivity contribution < 1.29 is 19.4 Å². The zero-order valence-electron chi connectivity index (χ0n) is 21.1. The molecule has 0 aliphatic heterocycles. The minimum atomic E-state index is -1.05. The number of nitrogens with one attached hydrogen (secondary N) is 2. The van der Waals surface area contributed by atoms with Gasteiger partial charge in [-0.05, 0) is 68.6 Å². The van der Waals surface area contributed by atoms with Crippen LogP contribution < -0.4 is 20.5 Å². The van der Waals surface area contributed by atoms with E-state index in [1.165, 1.54) is 5.56 Å². The molecule has 0 spiro atoms. The number of hydrogen-bond donors (Lipinski definition) is 4. The van der Waals surface area contributed by atoms with E-state index in [-0.39, 0.29) is 6.61 Å². The van der Waals surface area contributed by atoms with Crippen LogP contribution in [0.1, 0.15) is 26.3 Å². The summed E-state index contributed by atoms with van der Waals surface area (Å²) in [5.41, 5.74) is 7.58. The second-order valence-corrected chi connectivity index (χ2v) is 9.90. The van der Waals surface area contributed by atoms with Crippen LogP contribution in [-0.4, -0.2) is 47.4 Å². The van der Waals surface area contributed by atoms with Gasteiger partial charge in [0.05, 0.1) is 5.52 Å². The predicted octanol–water partition coefficient (Wildman–Crippen LogP) is 4.17. The zero-order valence-corrected chi connectivity index (χ0v) is 21.1. The number of carbonyl (C=O) groups is 1. The van der Waals surface area contributed by atoms with Crippen LogP contribution in [0.5, 0.6) is 11.5 Å². The molecule has 0 bridgehead atoms. The molecule has 7 heteroatoms. The van der Waals surface area contributed by atoms with Gasteiger partial charge in [0.15, 0.2) is 5.60 Å². The van der Waals surface area contributed by atoms with Gasteiger partial charge in [-0.1, -0.05) is 43.3 Å². The molecule has 1 amide bonds. The fourth-order valence-electron chi connectivity index (χ4n) is 4.24. The first-order chi connectivity index (χ1) is 17.2. The van der Waals surface area contributed by atoms with E-state index in [0.29, 0.717) is 18.2 Å². The number of nitrogens with two attached hydrogens (primary N) is 1. The van der Waals surface area contributed by atoms with Crippen molar-refractivity contribution in [3.8, 4) is 11.5 Å². The maximum atomic E-state index is 11.5. The van der Waals surface area contributed by atoms with Gasteiger partial charge in [-0.25, -0.2) is 0 Å². The van der Waals surface area contributed by atoms with Crippen molar-refractivity contribution in [2.45, 2.75) is 38.9 Å². The molecule has 0 saturated heterocycles. The van der Waals surface area contributed by atoms with E-state index in [1.807, 2.05) is 60.7 Å². The molecule has 5 N–H and O–H groups in total. The monoisotopic (exact) mass is 489 g/mol. The van der Waals surface area contributed by atoms with E-state index in [4.69, 9.17) is 15.2 Å². The molecule has 0 aliphatic carbocycles. The highest BCUT2D eigenvalue weighted by Crippen LogP contribution is 2.33. The lowest BCUT2D eigenvalue weighted by molar-refractivity contribution is -0.130. The standard InChI is InChI=1S/C29H35N3O4/c1-19(15-20-11-13-22(14-12-20)36-29(2,3)28(30)34)16-31-17-21(33)18-35-26-10-6-9-25-27(26)23-7-4-5-8-24(23)32-25/h4-14,19,21,31-33H,15-18H2,1-3H3,(H2,30,34). The molecule has 2 unspecified atom stereocenters. The Morgan fingerprint density at radius 1 is 1.03 bits per heavy atom. The van der Waals surface area contributed by atoms with Gasteiger partial charge in [-0.2, -0.15) is 0 Å². The molecule has 0 radical (unpaired) electrons. The van der Waals surface area contributed by atoms with Crippen molar-refractivity contribution in [1.29, 1.82) is 0 Å². The van der Waals surface area contributed by atoms with E-state index in [1.54, 1.807) is 13.8 Å². The number of carbonyl (C=O) groups excluding carboxylic acids is 1. The first kappa shape index (κ1) is 25.5. The van der Waals surface area contributed by atoms with Crippen molar-refractivity contribution in [3.63, 3.8) is 0 Å². The Kier molecular flexibility index (Phi) is 7.82. The maximum Gasteiger partial charge on any atom is 0.261 e. The van der Waals surface area contributed by atoms with Crippen LogP contribution in [0.3, 0.4) is 0 Å². The number of amides is 1. The van der Waals surface area contributed by atoms with Crippen molar-refractivity contribution in [3.05, 3.63) is 72.3 Å². The number of aliphatic hydroxyl groups is 1. The fourth-order valence-corrected chi connectivity index (χ4v) is 4.24. The second kappa shape index (κ2) is 11.0. The van der Waals surface area contributed by atoms with Crippen LogP contribution in [0.25, 0.3) is 21.8 Å². The van der Waals surface area contributed by atoms with Crippen LogP contribution in [0, 0.1) is 5.92 Å². The normalized spacial score (nSPS) is 13.6. The van der Waals surface area contributed by atoms with E-state index in [2.05, 4.69) is 23.3 Å². The third-order valence-electron chi connectivity index (χ3n) is 6.27. The molecule has 0 fully saturated rings. The number of aromatic nitrogens is 1. The Balaban J connectivity index is 1.22. The summed E-state index contributed by atoms with van der Waals surface area (Å²) in [4.78, 5) is 14.9. The van der Waals surface area contributed by atoms with Gasteiger partial charge in [0, 0.05) is 22.8 Å². The first-order valence-electron chi connectivity index (χ1n) is 12.3. The van der Waals surface area contributed by atoms with Gasteiger partial charge >= 0.3 is 0 Å². The molecule has 0 aliphatic rings. The van der Waals surface area contributed by atoms with Crippen LogP contribution >= 0.6 is 0 Å². The molecular weight excluding hydrogens is 454 g/mol. The van der Waals surface area contributed by atoms with Gasteiger partial charge in [0.25, 0.3) is 5.91 Å². The minimum Gasteiger partial charge on any atom is -0.490 e. The predicted molar refractivity (Wildman–Crippen MR) is 143 cm³/mol. The lowest BCUT2D eigenvalue weighted by atomic mass is 10.0. The lowest BCUT2D eigenvalue weighted by Gasteiger charge is -2.22. The second-order valence-electron chi connectivity index (χ2n) is 9.90. The summed E-state index contributed by atoms with van der Waals surface area (Å²) in [6.45, 7) is 6.89.